The SMILES string of the molecule is NC(N)=N/N=C\c1cccc(OCc2ccc(Cl)cc2Cl)c1. The average molecular weight is 337 g/mol. The number of halogens is 2. The van der Waals surface area contributed by atoms with E-state index in [1.165, 1.54) is 6.21 Å². The van der Waals surface area contributed by atoms with Gasteiger partial charge in [0.05, 0.1) is 6.21 Å². The molecule has 2 aromatic carbocycles. The Morgan fingerprint density at radius 3 is 2.68 bits per heavy atom. The molecule has 0 spiro atoms. The average Bonchev–Trinajstić information content (AvgIpc) is 2.46. The molecule has 0 aliphatic carbocycles. The van der Waals surface area contributed by atoms with E-state index in [1.807, 2.05) is 30.3 Å². The van der Waals surface area contributed by atoms with Gasteiger partial charge in [0, 0.05) is 15.6 Å². The third kappa shape index (κ3) is 4.95. The number of hydrogen-bond acceptors (Lipinski definition) is 3. The van der Waals surface area contributed by atoms with Crippen molar-refractivity contribution < 1.29 is 4.74 Å². The fourth-order valence-corrected chi connectivity index (χ4v) is 2.11. The molecule has 5 nitrogen and oxygen atoms in total. The fraction of sp³-hybridized carbons (Fsp3) is 0.0667. The largest absolute Gasteiger partial charge is 0.489 e. The molecule has 0 aliphatic rings. The second-order valence-electron chi connectivity index (χ2n) is 4.37. The minimum Gasteiger partial charge on any atom is -0.489 e. The first-order valence-corrected chi connectivity index (χ1v) is 7.09. The van der Waals surface area contributed by atoms with Crippen LogP contribution >= 0.6 is 23.2 Å². The molecule has 0 atom stereocenters. The van der Waals surface area contributed by atoms with Crippen molar-refractivity contribution in [2.24, 2.45) is 21.7 Å². The zero-order valence-electron chi connectivity index (χ0n) is 11.5. The predicted molar refractivity (Wildman–Crippen MR) is 90.6 cm³/mol. The number of nitrogens with zero attached hydrogens (tertiary/aromatic N) is 2. The number of nitrogens with two attached hydrogens (primary N) is 2. The van der Waals surface area contributed by atoms with Gasteiger partial charge >= 0.3 is 0 Å². The number of ether oxygens (including phenoxy) is 1. The highest BCUT2D eigenvalue weighted by Crippen LogP contribution is 2.22. The van der Waals surface area contributed by atoms with Gasteiger partial charge in [-0.2, -0.15) is 5.10 Å². The molecule has 7 heteroatoms. The van der Waals surface area contributed by atoms with Crippen LogP contribution in [0.25, 0.3) is 0 Å². The van der Waals surface area contributed by atoms with E-state index < -0.39 is 0 Å². The quantitative estimate of drug-likeness (QED) is 0.499. The third-order valence-electron chi connectivity index (χ3n) is 2.65. The maximum Gasteiger partial charge on any atom is 0.211 e. The first kappa shape index (κ1) is 16.1. The molecular formula is C15H14Cl2N4O. The first-order valence-electron chi connectivity index (χ1n) is 6.33. The maximum atomic E-state index is 6.10. The van der Waals surface area contributed by atoms with Crippen LogP contribution in [-0.4, -0.2) is 12.2 Å². The van der Waals surface area contributed by atoms with Crippen molar-refractivity contribution in [3.05, 3.63) is 63.6 Å². The van der Waals surface area contributed by atoms with Gasteiger partial charge in [0.2, 0.25) is 5.96 Å². The van der Waals surface area contributed by atoms with E-state index in [-0.39, 0.29) is 5.96 Å². The molecule has 0 unspecified atom stereocenters. The Morgan fingerprint density at radius 1 is 1.14 bits per heavy atom. The molecule has 22 heavy (non-hydrogen) atoms. The number of benzene rings is 2. The van der Waals surface area contributed by atoms with Crippen LogP contribution in [0.3, 0.4) is 0 Å². The third-order valence-corrected chi connectivity index (χ3v) is 3.23. The Balaban J connectivity index is 2.04. The highest BCUT2D eigenvalue weighted by atomic mass is 35.5. The standard InChI is InChI=1S/C15H14Cl2N4O/c16-12-5-4-11(14(17)7-12)9-22-13-3-1-2-10(6-13)8-20-21-15(18)19/h1-8H,9H2,(H4,18,19,21)/b20-8-. The highest BCUT2D eigenvalue weighted by molar-refractivity contribution is 6.35. The summed E-state index contributed by atoms with van der Waals surface area (Å²) in [5.74, 6) is 0.584. The molecule has 0 bridgehead atoms. The van der Waals surface area contributed by atoms with Crippen LogP contribution in [0.5, 0.6) is 5.75 Å². The molecule has 0 radical (unpaired) electrons. The van der Waals surface area contributed by atoms with Crippen LogP contribution in [0, 0.1) is 0 Å². The summed E-state index contributed by atoms with van der Waals surface area (Å²) in [6.07, 6.45) is 1.53. The van der Waals surface area contributed by atoms with Gasteiger partial charge in [0.1, 0.15) is 12.4 Å². The maximum absolute atomic E-state index is 6.10. The van der Waals surface area contributed by atoms with Gasteiger partial charge < -0.3 is 16.2 Å². The summed E-state index contributed by atoms with van der Waals surface area (Å²) < 4.78 is 5.71. The van der Waals surface area contributed by atoms with Crippen LogP contribution < -0.4 is 16.2 Å². The Morgan fingerprint density at radius 2 is 1.95 bits per heavy atom. The van der Waals surface area contributed by atoms with Gasteiger partial charge in [0.15, 0.2) is 0 Å². The second-order valence-corrected chi connectivity index (χ2v) is 5.21. The smallest absolute Gasteiger partial charge is 0.211 e. The van der Waals surface area contributed by atoms with Gasteiger partial charge in [-0.15, -0.1) is 5.10 Å². The summed E-state index contributed by atoms with van der Waals surface area (Å²) in [4.78, 5) is 0. The Bertz CT molecular complexity index is 712. The molecule has 114 valence electrons. The van der Waals surface area contributed by atoms with Crippen molar-refractivity contribution >= 4 is 35.4 Å². The lowest BCUT2D eigenvalue weighted by atomic mass is 10.2. The minimum atomic E-state index is -0.0963. The van der Waals surface area contributed by atoms with Crippen molar-refractivity contribution in [1.82, 2.24) is 0 Å². The van der Waals surface area contributed by atoms with Gasteiger partial charge in [-0.05, 0) is 29.8 Å². The van der Waals surface area contributed by atoms with E-state index in [4.69, 9.17) is 39.4 Å². The molecule has 4 N–H and O–H groups in total. The highest BCUT2D eigenvalue weighted by Gasteiger charge is 2.03. The van der Waals surface area contributed by atoms with E-state index in [0.29, 0.717) is 22.4 Å². The van der Waals surface area contributed by atoms with Crippen molar-refractivity contribution in [2.45, 2.75) is 6.61 Å². The topological polar surface area (TPSA) is 86.0 Å². The first-order chi connectivity index (χ1) is 10.5. The Kier molecular flexibility index (Phi) is 5.63. The molecule has 0 aromatic heterocycles. The molecule has 0 aliphatic heterocycles. The van der Waals surface area contributed by atoms with Gasteiger partial charge in [-0.1, -0.05) is 41.4 Å². The summed E-state index contributed by atoms with van der Waals surface area (Å²) in [7, 11) is 0. The Hall–Kier alpha value is -2.24. The summed E-state index contributed by atoms with van der Waals surface area (Å²) in [5.41, 5.74) is 12.0. The van der Waals surface area contributed by atoms with E-state index in [0.717, 1.165) is 11.1 Å². The molecule has 0 heterocycles. The van der Waals surface area contributed by atoms with Crippen LogP contribution in [0.15, 0.2) is 52.7 Å². The van der Waals surface area contributed by atoms with Gasteiger partial charge in [-0.25, -0.2) is 0 Å². The van der Waals surface area contributed by atoms with Gasteiger partial charge in [-0.3, -0.25) is 0 Å². The molecule has 0 saturated heterocycles. The summed E-state index contributed by atoms with van der Waals surface area (Å²) >= 11 is 12.0. The molecule has 0 amide bonds. The van der Waals surface area contributed by atoms with Crippen LogP contribution in [0.2, 0.25) is 10.0 Å². The number of rotatable bonds is 5. The van der Waals surface area contributed by atoms with E-state index in [2.05, 4.69) is 10.2 Å². The molecule has 0 saturated carbocycles. The van der Waals surface area contributed by atoms with Crippen LogP contribution in [-0.2, 0) is 6.61 Å². The summed E-state index contributed by atoms with van der Waals surface area (Å²) in [5, 5.41) is 8.44. The second kappa shape index (κ2) is 7.68. The van der Waals surface area contributed by atoms with Crippen molar-refractivity contribution in [3.8, 4) is 5.75 Å². The summed E-state index contributed by atoms with van der Waals surface area (Å²) in [6, 6.07) is 12.6. The predicted octanol–water partition coefficient (Wildman–Crippen LogP) is 3.18. The van der Waals surface area contributed by atoms with Crippen LogP contribution in [0.4, 0.5) is 0 Å². The molecule has 2 aromatic rings. The van der Waals surface area contributed by atoms with Crippen LogP contribution in [0.1, 0.15) is 11.1 Å². The zero-order valence-corrected chi connectivity index (χ0v) is 13.1. The van der Waals surface area contributed by atoms with E-state index >= 15 is 0 Å². The van der Waals surface area contributed by atoms with E-state index in [1.54, 1.807) is 12.1 Å². The van der Waals surface area contributed by atoms with Gasteiger partial charge in [0.25, 0.3) is 0 Å². The lowest BCUT2D eigenvalue weighted by molar-refractivity contribution is 0.306. The molecule has 2 rings (SSSR count). The summed E-state index contributed by atoms with van der Waals surface area (Å²) in [6.45, 7) is 0.338. The Labute approximate surface area is 138 Å². The minimum absolute atomic E-state index is 0.0963. The van der Waals surface area contributed by atoms with Crippen molar-refractivity contribution in [1.29, 1.82) is 0 Å². The zero-order chi connectivity index (χ0) is 15.9. The molecular weight excluding hydrogens is 323 g/mol. The number of guanidine groups is 1. The fourth-order valence-electron chi connectivity index (χ4n) is 1.65. The lowest BCUT2D eigenvalue weighted by Crippen LogP contribution is -2.21. The van der Waals surface area contributed by atoms with Crippen molar-refractivity contribution in [2.75, 3.05) is 0 Å². The monoisotopic (exact) mass is 336 g/mol. The van der Waals surface area contributed by atoms with E-state index in [9.17, 15) is 0 Å². The normalized spacial score (nSPS) is 10.6. The molecule has 0 fully saturated rings. The lowest BCUT2D eigenvalue weighted by Gasteiger charge is -2.08. The van der Waals surface area contributed by atoms with Crippen molar-refractivity contribution in [3.63, 3.8) is 0 Å². The number of hydrogen-bond donors (Lipinski definition) is 2.